The molecule has 0 aliphatic heterocycles. The minimum absolute atomic E-state index is 0.249. The van der Waals surface area contributed by atoms with E-state index in [1.54, 1.807) is 24.1 Å². The molecule has 0 N–H and O–H groups in total. The van der Waals surface area contributed by atoms with Gasteiger partial charge in [-0.05, 0) is 19.2 Å². The van der Waals surface area contributed by atoms with Crippen molar-refractivity contribution in [3.63, 3.8) is 0 Å². The second-order valence-electron chi connectivity index (χ2n) is 3.25. The molecule has 3 nitrogen and oxygen atoms in total. The van der Waals surface area contributed by atoms with Crippen LogP contribution in [0, 0.1) is 28.5 Å². The molecule has 1 rings (SSSR count). The van der Waals surface area contributed by atoms with Crippen molar-refractivity contribution in [3.8, 4) is 12.1 Å². The molecule has 0 unspecified atom stereocenters. The molecule has 76 valence electrons. The monoisotopic (exact) mass is 203 g/mol. The fraction of sp³-hybridized carbons (Fsp3) is 0.273. The zero-order valence-corrected chi connectivity index (χ0v) is 8.37. The molecule has 1 aromatic rings. The Hall–Kier alpha value is -1.91. The zero-order valence-electron chi connectivity index (χ0n) is 8.37. The van der Waals surface area contributed by atoms with Crippen molar-refractivity contribution >= 4 is 0 Å². The fourth-order valence-electron chi connectivity index (χ4n) is 1.21. The van der Waals surface area contributed by atoms with E-state index in [1.807, 2.05) is 12.1 Å². The van der Waals surface area contributed by atoms with E-state index in [4.69, 9.17) is 10.5 Å². The van der Waals surface area contributed by atoms with E-state index in [1.165, 1.54) is 6.07 Å². The maximum atomic E-state index is 13.4. The van der Waals surface area contributed by atoms with E-state index in [0.29, 0.717) is 17.7 Å². The zero-order chi connectivity index (χ0) is 11.3. The summed E-state index contributed by atoms with van der Waals surface area (Å²) >= 11 is 0. The van der Waals surface area contributed by atoms with Gasteiger partial charge in [0.25, 0.3) is 0 Å². The molecule has 0 aliphatic rings. The highest BCUT2D eigenvalue weighted by Crippen LogP contribution is 2.11. The molecular formula is C11H10FN3. The van der Waals surface area contributed by atoms with Gasteiger partial charge in [-0.15, -0.1) is 0 Å². The van der Waals surface area contributed by atoms with Crippen LogP contribution in [-0.2, 0) is 6.54 Å². The van der Waals surface area contributed by atoms with Crippen LogP contribution >= 0.6 is 0 Å². The van der Waals surface area contributed by atoms with Crippen molar-refractivity contribution in [1.29, 1.82) is 10.5 Å². The summed E-state index contributed by atoms with van der Waals surface area (Å²) in [7, 11) is 1.74. The standard InChI is InChI=1S/C11H10FN3/c1-15(5-4-13)8-10-3-2-9(7-14)6-11(10)12/h2-3,6H,5,8H2,1H3. The van der Waals surface area contributed by atoms with Crippen molar-refractivity contribution in [2.24, 2.45) is 0 Å². The Morgan fingerprint density at radius 3 is 2.67 bits per heavy atom. The van der Waals surface area contributed by atoms with Crippen LogP contribution in [0.15, 0.2) is 18.2 Å². The fourth-order valence-corrected chi connectivity index (χ4v) is 1.21. The normalized spacial score (nSPS) is 9.67. The minimum Gasteiger partial charge on any atom is -0.289 e. The van der Waals surface area contributed by atoms with Crippen molar-refractivity contribution in [2.45, 2.75) is 6.54 Å². The van der Waals surface area contributed by atoms with E-state index < -0.39 is 5.82 Å². The molecule has 0 amide bonds. The van der Waals surface area contributed by atoms with Gasteiger partial charge in [-0.2, -0.15) is 10.5 Å². The Balaban J connectivity index is 2.80. The first kappa shape index (κ1) is 11.2. The first-order chi connectivity index (χ1) is 7.17. The van der Waals surface area contributed by atoms with Crippen LogP contribution in [0.3, 0.4) is 0 Å². The quantitative estimate of drug-likeness (QED) is 0.702. The van der Waals surface area contributed by atoms with E-state index in [2.05, 4.69) is 0 Å². The number of halogens is 1. The van der Waals surface area contributed by atoms with Gasteiger partial charge in [-0.25, -0.2) is 4.39 Å². The second kappa shape index (κ2) is 5.09. The average molecular weight is 203 g/mol. The van der Waals surface area contributed by atoms with Crippen LogP contribution in [-0.4, -0.2) is 18.5 Å². The van der Waals surface area contributed by atoms with Gasteiger partial charge in [-0.1, -0.05) is 6.07 Å². The molecule has 15 heavy (non-hydrogen) atoms. The first-order valence-corrected chi connectivity index (χ1v) is 4.41. The Labute approximate surface area is 88.0 Å². The van der Waals surface area contributed by atoms with Crippen LogP contribution in [0.2, 0.25) is 0 Å². The molecule has 0 saturated carbocycles. The summed E-state index contributed by atoms with van der Waals surface area (Å²) in [4.78, 5) is 1.70. The van der Waals surface area contributed by atoms with Crippen molar-refractivity contribution < 1.29 is 4.39 Å². The predicted octanol–water partition coefficient (Wildman–Crippen LogP) is 1.65. The van der Waals surface area contributed by atoms with Gasteiger partial charge in [0, 0.05) is 12.1 Å². The smallest absolute Gasteiger partial charge is 0.129 e. The molecule has 0 fully saturated rings. The molecule has 0 aliphatic carbocycles. The second-order valence-corrected chi connectivity index (χ2v) is 3.25. The van der Waals surface area contributed by atoms with Crippen molar-refractivity contribution in [1.82, 2.24) is 4.90 Å². The van der Waals surface area contributed by atoms with Crippen molar-refractivity contribution in [3.05, 3.63) is 35.1 Å². The molecule has 0 radical (unpaired) electrons. The third kappa shape index (κ3) is 3.05. The number of hydrogen-bond donors (Lipinski definition) is 0. The number of nitrogens with zero attached hydrogens (tertiary/aromatic N) is 3. The lowest BCUT2D eigenvalue weighted by Gasteiger charge is -2.12. The predicted molar refractivity (Wildman–Crippen MR) is 53.1 cm³/mol. The van der Waals surface area contributed by atoms with E-state index in [0.717, 1.165) is 0 Å². The third-order valence-corrected chi connectivity index (χ3v) is 1.96. The lowest BCUT2D eigenvalue weighted by atomic mass is 10.1. The lowest BCUT2D eigenvalue weighted by molar-refractivity contribution is 0.360. The lowest BCUT2D eigenvalue weighted by Crippen LogP contribution is -2.18. The Bertz CT molecular complexity index is 428. The van der Waals surface area contributed by atoms with Crippen LogP contribution in [0.5, 0.6) is 0 Å². The van der Waals surface area contributed by atoms with E-state index in [9.17, 15) is 4.39 Å². The molecule has 0 spiro atoms. The summed E-state index contributed by atoms with van der Waals surface area (Å²) < 4.78 is 13.4. The third-order valence-electron chi connectivity index (χ3n) is 1.96. The Kier molecular flexibility index (Phi) is 3.79. The van der Waals surface area contributed by atoms with Crippen LogP contribution in [0.4, 0.5) is 4.39 Å². The summed E-state index contributed by atoms with van der Waals surface area (Å²) in [5.74, 6) is -0.404. The summed E-state index contributed by atoms with van der Waals surface area (Å²) in [5, 5.41) is 17.0. The highest BCUT2D eigenvalue weighted by atomic mass is 19.1. The van der Waals surface area contributed by atoms with Gasteiger partial charge < -0.3 is 0 Å². The first-order valence-electron chi connectivity index (χ1n) is 4.41. The van der Waals surface area contributed by atoms with Crippen molar-refractivity contribution in [2.75, 3.05) is 13.6 Å². The SMILES string of the molecule is CN(CC#N)Cc1ccc(C#N)cc1F. The van der Waals surface area contributed by atoms with Crippen LogP contribution in [0.1, 0.15) is 11.1 Å². The van der Waals surface area contributed by atoms with Gasteiger partial charge in [-0.3, -0.25) is 4.90 Å². The molecule has 0 saturated heterocycles. The average Bonchev–Trinajstić information content (AvgIpc) is 2.21. The number of rotatable bonds is 3. The summed E-state index contributed by atoms with van der Waals surface area (Å²) in [6.07, 6.45) is 0. The van der Waals surface area contributed by atoms with Gasteiger partial charge >= 0.3 is 0 Å². The highest BCUT2D eigenvalue weighted by molar-refractivity contribution is 5.32. The van der Waals surface area contributed by atoms with Gasteiger partial charge in [0.2, 0.25) is 0 Å². The number of hydrogen-bond acceptors (Lipinski definition) is 3. The van der Waals surface area contributed by atoms with Crippen LogP contribution in [0.25, 0.3) is 0 Å². The minimum atomic E-state index is -0.404. The van der Waals surface area contributed by atoms with Gasteiger partial charge in [0.15, 0.2) is 0 Å². The topological polar surface area (TPSA) is 50.8 Å². The highest BCUT2D eigenvalue weighted by Gasteiger charge is 2.06. The summed E-state index contributed by atoms with van der Waals surface area (Å²) in [6.45, 7) is 0.616. The molecule has 0 aromatic heterocycles. The molecule has 1 aromatic carbocycles. The molecular weight excluding hydrogens is 193 g/mol. The maximum absolute atomic E-state index is 13.4. The maximum Gasteiger partial charge on any atom is 0.129 e. The Morgan fingerprint density at radius 1 is 1.40 bits per heavy atom. The van der Waals surface area contributed by atoms with E-state index in [-0.39, 0.29) is 6.54 Å². The van der Waals surface area contributed by atoms with Gasteiger partial charge in [0.1, 0.15) is 5.82 Å². The van der Waals surface area contributed by atoms with Gasteiger partial charge in [0.05, 0.1) is 24.2 Å². The number of nitriles is 2. The molecule has 0 bridgehead atoms. The Morgan fingerprint density at radius 2 is 2.13 bits per heavy atom. The summed E-state index contributed by atoms with van der Waals surface area (Å²) in [5.41, 5.74) is 0.797. The molecule has 0 atom stereocenters. The largest absolute Gasteiger partial charge is 0.289 e. The van der Waals surface area contributed by atoms with E-state index >= 15 is 0 Å². The van der Waals surface area contributed by atoms with Crippen LogP contribution < -0.4 is 0 Å². The molecule has 4 heteroatoms. The number of benzene rings is 1. The summed E-state index contributed by atoms with van der Waals surface area (Å²) in [6, 6.07) is 8.19. The molecule has 0 heterocycles.